The van der Waals surface area contributed by atoms with E-state index in [0.717, 1.165) is 24.2 Å². The molecule has 2 nitrogen and oxygen atoms in total. The maximum atomic E-state index is 11.1. The van der Waals surface area contributed by atoms with E-state index in [4.69, 9.17) is 5.11 Å². The quantitative estimate of drug-likeness (QED) is 0.770. The maximum absolute atomic E-state index is 11.1. The molecule has 3 unspecified atom stereocenters. The van der Waals surface area contributed by atoms with Gasteiger partial charge in [-0.2, -0.15) is 0 Å². The fourth-order valence-electron chi connectivity index (χ4n) is 5.08. The van der Waals surface area contributed by atoms with E-state index in [1.54, 1.807) is 12.8 Å². The van der Waals surface area contributed by atoms with Crippen LogP contribution in [0.1, 0.15) is 52.4 Å². The van der Waals surface area contributed by atoms with Gasteiger partial charge in [-0.3, -0.25) is 0 Å². The Morgan fingerprint density at radius 3 is 2.39 bits per heavy atom. The molecule has 0 heterocycles. The number of allylic oxidation sites excluding steroid dienone is 1. The summed E-state index contributed by atoms with van der Waals surface area (Å²) in [6.45, 7) is 3.99. The van der Waals surface area contributed by atoms with Crippen LogP contribution >= 0.6 is 0 Å². The van der Waals surface area contributed by atoms with Crippen LogP contribution in [-0.4, -0.2) is 11.1 Å². The van der Waals surface area contributed by atoms with Gasteiger partial charge in [0, 0.05) is 5.57 Å². The van der Waals surface area contributed by atoms with E-state index in [2.05, 4.69) is 13.0 Å². The van der Waals surface area contributed by atoms with Gasteiger partial charge in [0.25, 0.3) is 0 Å². The van der Waals surface area contributed by atoms with Crippen LogP contribution in [0, 0.1) is 29.1 Å². The summed E-state index contributed by atoms with van der Waals surface area (Å²) in [6, 6.07) is 0. The van der Waals surface area contributed by atoms with Crippen molar-refractivity contribution in [1.29, 1.82) is 0 Å². The normalized spacial score (nSPS) is 43.4. The third kappa shape index (κ3) is 1.64. The van der Waals surface area contributed by atoms with Gasteiger partial charge in [-0.25, -0.2) is 4.79 Å². The molecule has 0 aromatic heterocycles. The lowest BCUT2D eigenvalue weighted by molar-refractivity contribution is -0.132. The Hall–Kier alpha value is -0.790. The Balaban J connectivity index is 1.96. The Kier molecular flexibility index (Phi) is 2.80. The second-order valence-corrected chi connectivity index (χ2v) is 6.67. The van der Waals surface area contributed by atoms with Gasteiger partial charge in [0.05, 0.1) is 0 Å². The van der Waals surface area contributed by atoms with Crippen molar-refractivity contribution in [2.24, 2.45) is 23.2 Å². The number of aliphatic carboxylic acids is 1. The van der Waals surface area contributed by atoms with E-state index in [-0.39, 0.29) is 5.41 Å². The first-order valence-corrected chi connectivity index (χ1v) is 7.33. The van der Waals surface area contributed by atoms with Crippen LogP contribution in [0.2, 0.25) is 0 Å². The molecule has 0 aliphatic heterocycles. The lowest BCUT2D eigenvalue weighted by Crippen LogP contribution is -2.50. The predicted molar refractivity (Wildman–Crippen MR) is 70.9 cm³/mol. The summed E-state index contributed by atoms with van der Waals surface area (Å²) in [5, 5.41) is 9.17. The Morgan fingerprint density at radius 1 is 1.33 bits per heavy atom. The topological polar surface area (TPSA) is 37.3 Å². The summed E-state index contributed by atoms with van der Waals surface area (Å²) in [5.74, 6) is 3.47. The molecule has 4 saturated carbocycles. The molecule has 0 aromatic rings. The zero-order chi connectivity index (χ0) is 12.9. The van der Waals surface area contributed by atoms with Crippen molar-refractivity contribution in [3.05, 3.63) is 17.6 Å². The molecule has 3 atom stereocenters. The van der Waals surface area contributed by atoms with Gasteiger partial charge in [-0.1, -0.05) is 13.0 Å². The van der Waals surface area contributed by atoms with E-state index >= 15 is 0 Å². The van der Waals surface area contributed by atoms with Crippen molar-refractivity contribution in [1.82, 2.24) is 0 Å². The lowest BCUT2D eigenvalue weighted by atomic mass is 9.44. The molecule has 1 N–H and O–H groups in total. The molecule has 4 aliphatic carbocycles. The minimum atomic E-state index is -0.753. The average molecular weight is 247 g/mol. The Morgan fingerprint density at radius 2 is 1.94 bits per heavy atom. The van der Waals surface area contributed by atoms with Gasteiger partial charge in [0.2, 0.25) is 0 Å². The highest BCUT2D eigenvalue weighted by Crippen LogP contribution is 2.65. The van der Waals surface area contributed by atoms with E-state index in [9.17, 15) is 4.79 Å². The van der Waals surface area contributed by atoms with Crippen molar-refractivity contribution in [2.75, 3.05) is 0 Å². The molecule has 1 radical (unpaired) electrons. The van der Waals surface area contributed by atoms with Gasteiger partial charge in [0.15, 0.2) is 0 Å². The third-order valence-corrected chi connectivity index (χ3v) is 5.76. The van der Waals surface area contributed by atoms with Gasteiger partial charge >= 0.3 is 5.97 Å². The van der Waals surface area contributed by atoms with E-state index in [1.807, 2.05) is 0 Å². The molecule has 0 amide bonds. The zero-order valence-corrected chi connectivity index (χ0v) is 11.4. The average Bonchev–Trinajstić information content (AvgIpc) is 2.32. The van der Waals surface area contributed by atoms with Crippen LogP contribution in [0.4, 0.5) is 0 Å². The second kappa shape index (κ2) is 4.11. The van der Waals surface area contributed by atoms with Crippen LogP contribution in [0.25, 0.3) is 0 Å². The monoisotopic (exact) mass is 247 g/mol. The summed E-state index contributed by atoms with van der Waals surface area (Å²) < 4.78 is 0. The number of hydrogen-bond donors (Lipinski definition) is 1. The molecule has 2 heteroatoms. The summed E-state index contributed by atoms with van der Waals surface area (Å²) in [7, 11) is 0. The molecule has 99 valence electrons. The molecule has 0 spiro atoms. The number of carbonyl (C=O) groups is 1. The number of hydrogen-bond acceptors (Lipinski definition) is 1. The zero-order valence-electron chi connectivity index (χ0n) is 11.4. The van der Waals surface area contributed by atoms with Crippen LogP contribution in [0.3, 0.4) is 0 Å². The molecule has 4 aliphatic rings. The Labute approximate surface area is 109 Å². The highest BCUT2D eigenvalue weighted by Gasteiger charge is 2.55. The SMILES string of the molecule is CCC1(C=C(C)C(=O)O)[C]2CC3CC(C2)CC1C3. The van der Waals surface area contributed by atoms with Crippen molar-refractivity contribution in [3.63, 3.8) is 0 Å². The smallest absolute Gasteiger partial charge is 0.330 e. The minimum absolute atomic E-state index is 0.121. The molecule has 18 heavy (non-hydrogen) atoms. The molecular formula is C16H23O2. The summed E-state index contributed by atoms with van der Waals surface area (Å²) in [5.41, 5.74) is 0.660. The predicted octanol–water partition coefficient (Wildman–Crippen LogP) is 3.83. The molecule has 4 fully saturated rings. The van der Waals surface area contributed by atoms with Gasteiger partial charge in [-0.15, -0.1) is 0 Å². The first kappa shape index (κ1) is 12.3. The maximum Gasteiger partial charge on any atom is 0.330 e. The van der Waals surface area contributed by atoms with Crippen LogP contribution < -0.4 is 0 Å². The molecular weight excluding hydrogens is 224 g/mol. The molecule has 0 aromatic carbocycles. The molecule has 4 bridgehead atoms. The first-order chi connectivity index (χ1) is 8.55. The first-order valence-electron chi connectivity index (χ1n) is 7.33. The van der Waals surface area contributed by atoms with Crippen LogP contribution in [-0.2, 0) is 4.79 Å². The summed E-state index contributed by atoms with van der Waals surface area (Å²) in [4.78, 5) is 11.1. The van der Waals surface area contributed by atoms with Crippen molar-refractivity contribution < 1.29 is 9.90 Å². The fourth-order valence-corrected chi connectivity index (χ4v) is 5.08. The summed E-state index contributed by atoms with van der Waals surface area (Å²) >= 11 is 0. The fraction of sp³-hybridized carbons (Fsp3) is 0.750. The number of rotatable bonds is 3. The standard InChI is InChI=1S/C16H23O2/c1-3-16(9-10(2)15(17)18)13-5-11-4-12(7-13)8-14(16)6-11/h9,11-13H,3-8H2,1-2H3,(H,17,18). The van der Waals surface area contributed by atoms with Gasteiger partial charge in [-0.05, 0) is 74.5 Å². The van der Waals surface area contributed by atoms with Crippen LogP contribution in [0.5, 0.6) is 0 Å². The van der Waals surface area contributed by atoms with E-state index in [0.29, 0.717) is 5.57 Å². The minimum Gasteiger partial charge on any atom is -0.478 e. The Bertz CT molecular complexity index is 366. The number of carboxylic acids is 1. The van der Waals surface area contributed by atoms with Crippen molar-refractivity contribution in [3.8, 4) is 0 Å². The van der Waals surface area contributed by atoms with Gasteiger partial charge < -0.3 is 5.11 Å². The second-order valence-electron chi connectivity index (χ2n) is 6.67. The highest BCUT2D eigenvalue weighted by molar-refractivity contribution is 5.86. The molecule has 0 saturated heterocycles. The van der Waals surface area contributed by atoms with Gasteiger partial charge in [0.1, 0.15) is 0 Å². The van der Waals surface area contributed by atoms with Crippen LogP contribution in [0.15, 0.2) is 11.6 Å². The van der Waals surface area contributed by atoms with E-state index < -0.39 is 5.97 Å². The number of carboxylic acid groups (broad SMARTS) is 1. The third-order valence-electron chi connectivity index (χ3n) is 5.76. The van der Waals surface area contributed by atoms with E-state index in [1.165, 1.54) is 32.1 Å². The van der Waals surface area contributed by atoms with Crippen molar-refractivity contribution in [2.45, 2.75) is 52.4 Å². The highest BCUT2D eigenvalue weighted by atomic mass is 16.4. The van der Waals surface area contributed by atoms with Crippen molar-refractivity contribution >= 4 is 5.97 Å². The summed E-state index contributed by atoms with van der Waals surface area (Å²) in [6.07, 6.45) is 9.81. The molecule has 4 rings (SSSR count). The lowest BCUT2D eigenvalue weighted by Gasteiger charge is -2.60. The largest absolute Gasteiger partial charge is 0.478 e.